The van der Waals surface area contributed by atoms with Crippen molar-refractivity contribution in [3.8, 4) is 10.6 Å². The third-order valence-corrected chi connectivity index (χ3v) is 4.55. The van der Waals surface area contributed by atoms with Crippen molar-refractivity contribution in [3.05, 3.63) is 41.1 Å². The van der Waals surface area contributed by atoms with Gasteiger partial charge in [0.2, 0.25) is 0 Å². The Balaban J connectivity index is 2.15. The second-order valence-corrected chi connectivity index (χ2v) is 7.30. The summed E-state index contributed by atoms with van der Waals surface area (Å²) in [6, 6.07) is 8.11. The van der Waals surface area contributed by atoms with Gasteiger partial charge in [-0.3, -0.25) is 0 Å². The molecular formula is C17H20N2OS. The van der Waals surface area contributed by atoms with Crippen LogP contribution in [-0.4, -0.2) is 12.0 Å². The highest BCUT2D eigenvalue weighted by Crippen LogP contribution is 2.37. The fourth-order valence-corrected chi connectivity index (χ4v) is 3.78. The second-order valence-electron chi connectivity index (χ2n) is 6.22. The Bertz CT molecular complexity index is 765. The first-order valence-corrected chi connectivity index (χ1v) is 7.93. The van der Waals surface area contributed by atoms with E-state index in [4.69, 9.17) is 9.40 Å². The van der Waals surface area contributed by atoms with Crippen LogP contribution in [-0.2, 0) is 12.0 Å². The van der Waals surface area contributed by atoms with Crippen LogP contribution in [0.15, 0.2) is 34.9 Å². The van der Waals surface area contributed by atoms with Crippen LogP contribution in [0, 0.1) is 0 Å². The van der Waals surface area contributed by atoms with E-state index in [1.165, 1.54) is 10.6 Å². The Hall–Kier alpha value is -1.65. The minimum atomic E-state index is 0.0421. The van der Waals surface area contributed by atoms with Gasteiger partial charge in [0.1, 0.15) is 16.9 Å². The molecule has 110 valence electrons. The highest BCUT2D eigenvalue weighted by molar-refractivity contribution is 7.15. The first kappa shape index (κ1) is 14.3. The Kier molecular flexibility index (Phi) is 3.59. The highest BCUT2D eigenvalue weighted by Gasteiger charge is 2.24. The Morgan fingerprint density at radius 1 is 1.24 bits per heavy atom. The van der Waals surface area contributed by atoms with Gasteiger partial charge in [-0.05, 0) is 13.1 Å². The maximum Gasteiger partial charge on any atom is 0.134 e. The molecule has 0 saturated heterocycles. The molecule has 0 unspecified atom stereocenters. The number of rotatable bonds is 3. The number of fused-ring (bicyclic) bond motifs is 1. The predicted molar refractivity (Wildman–Crippen MR) is 88.8 cm³/mol. The number of para-hydroxylation sites is 1. The Labute approximate surface area is 129 Å². The molecule has 0 bridgehead atoms. The molecule has 0 spiro atoms. The summed E-state index contributed by atoms with van der Waals surface area (Å²) in [5.74, 6) is 0. The van der Waals surface area contributed by atoms with Crippen molar-refractivity contribution in [1.82, 2.24) is 10.3 Å². The third-order valence-electron chi connectivity index (χ3n) is 3.46. The number of benzene rings is 1. The zero-order valence-corrected chi connectivity index (χ0v) is 13.7. The summed E-state index contributed by atoms with van der Waals surface area (Å²) in [4.78, 5) is 6.21. The van der Waals surface area contributed by atoms with E-state index >= 15 is 0 Å². The predicted octanol–water partition coefficient (Wildman–Crippen LogP) is 4.57. The zero-order chi connectivity index (χ0) is 15.0. The lowest BCUT2D eigenvalue weighted by Crippen LogP contribution is -2.16. The summed E-state index contributed by atoms with van der Waals surface area (Å²) in [6.45, 7) is 7.47. The number of furan rings is 1. The number of hydrogen-bond acceptors (Lipinski definition) is 4. The molecule has 1 aromatic carbocycles. The molecule has 3 rings (SSSR count). The van der Waals surface area contributed by atoms with Gasteiger partial charge in [-0.15, -0.1) is 11.3 Å². The Morgan fingerprint density at radius 2 is 2.00 bits per heavy atom. The van der Waals surface area contributed by atoms with E-state index in [0.717, 1.165) is 28.1 Å². The number of aromatic nitrogens is 1. The van der Waals surface area contributed by atoms with E-state index in [1.54, 1.807) is 11.3 Å². The fourth-order valence-electron chi connectivity index (χ4n) is 2.48. The summed E-state index contributed by atoms with van der Waals surface area (Å²) in [7, 11) is 1.97. The molecule has 1 N–H and O–H groups in total. The first-order chi connectivity index (χ1) is 10.0. The van der Waals surface area contributed by atoms with Crippen LogP contribution in [0.4, 0.5) is 0 Å². The smallest absolute Gasteiger partial charge is 0.134 e. The van der Waals surface area contributed by atoms with E-state index in [1.807, 2.05) is 31.5 Å². The van der Waals surface area contributed by atoms with E-state index in [9.17, 15) is 0 Å². The standard InChI is InChI=1S/C17H20N2OS/c1-17(2,3)15-14(9-18-4)21-16(19-15)12-10-20-13-8-6-5-7-11(12)13/h5-8,10,18H,9H2,1-4H3. The summed E-state index contributed by atoms with van der Waals surface area (Å²) < 4.78 is 5.65. The Morgan fingerprint density at radius 3 is 2.71 bits per heavy atom. The largest absolute Gasteiger partial charge is 0.464 e. The molecule has 3 aromatic rings. The summed E-state index contributed by atoms with van der Waals surface area (Å²) in [6.07, 6.45) is 1.82. The van der Waals surface area contributed by atoms with Crippen molar-refractivity contribution in [2.24, 2.45) is 0 Å². The lowest BCUT2D eigenvalue weighted by Gasteiger charge is -2.17. The zero-order valence-electron chi connectivity index (χ0n) is 12.9. The first-order valence-electron chi connectivity index (χ1n) is 7.12. The van der Waals surface area contributed by atoms with Crippen molar-refractivity contribution in [3.63, 3.8) is 0 Å². The SMILES string of the molecule is CNCc1sc(-c2coc3ccccc23)nc1C(C)(C)C. The van der Waals surface area contributed by atoms with Crippen LogP contribution < -0.4 is 5.32 Å². The monoisotopic (exact) mass is 300 g/mol. The average Bonchev–Trinajstić information content (AvgIpc) is 3.02. The maximum atomic E-state index is 5.65. The molecule has 3 nitrogen and oxygen atoms in total. The topological polar surface area (TPSA) is 38.1 Å². The molecule has 0 saturated carbocycles. The molecule has 0 amide bonds. The fraction of sp³-hybridized carbons (Fsp3) is 0.353. The third kappa shape index (κ3) is 2.61. The van der Waals surface area contributed by atoms with Crippen LogP contribution in [0.2, 0.25) is 0 Å². The van der Waals surface area contributed by atoms with Crippen molar-refractivity contribution in [1.29, 1.82) is 0 Å². The van der Waals surface area contributed by atoms with Crippen molar-refractivity contribution < 1.29 is 4.42 Å². The molecule has 0 atom stereocenters. The molecular weight excluding hydrogens is 280 g/mol. The van der Waals surface area contributed by atoms with Crippen molar-refractivity contribution in [2.75, 3.05) is 7.05 Å². The minimum Gasteiger partial charge on any atom is -0.464 e. The molecule has 0 aliphatic heterocycles. The molecule has 0 aliphatic carbocycles. The van der Waals surface area contributed by atoms with Crippen LogP contribution in [0.1, 0.15) is 31.3 Å². The van der Waals surface area contributed by atoms with Crippen LogP contribution >= 0.6 is 11.3 Å². The minimum absolute atomic E-state index is 0.0421. The second kappa shape index (κ2) is 5.28. The van der Waals surface area contributed by atoms with E-state index in [-0.39, 0.29) is 5.41 Å². The normalized spacial score (nSPS) is 12.2. The lowest BCUT2D eigenvalue weighted by molar-refractivity contribution is 0.563. The van der Waals surface area contributed by atoms with Gasteiger partial charge >= 0.3 is 0 Å². The van der Waals surface area contributed by atoms with Gasteiger partial charge in [-0.1, -0.05) is 39.0 Å². The van der Waals surface area contributed by atoms with Gasteiger partial charge in [0, 0.05) is 22.2 Å². The van der Waals surface area contributed by atoms with Crippen molar-refractivity contribution in [2.45, 2.75) is 32.7 Å². The molecule has 0 radical (unpaired) electrons. The summed E-state index contributed by atoms with van der Waals surface area (Å²) in [5.41, 5.74) is 3.21. The van der Waals surface area contributed by atoms with Crippen LogP contribution in [0.25, 0.3) is 21.5 Å². The summed E-state index contributed by atoms with van der Waals surface area (Å²) >= 11 is 1.75. The van der Waals surface area contributed by atoms with Gasteiger partial charge in [-0.2, -0.15) is 0 Å². The van der Waals surface area contributed by atoms with Gasteiger partial charge in [-0.25, -0.2) is 4.98 Å². The maximum absolute atomic E-state index is 5.65. The molecule has 4 heteroatoms. The quantitative estimate of drug-likeness (QED) is 0.769. The number of hydrogen-bond donors (Lipinski definition) is 1. The van der Waals surface area contributed by atoms with E-state index in [2.05, 4.69) is 32.2 Å². The molecule has 0 aliphatic rings. The van der Waals surface area contributed by atoms with Crippen LogP contribution in [0.5, 0.6) is 0 Å². The molecule has 21 heavy (non-hydrogen) atoms. The van der Waals surface area contributed by atoms with Crippen LogP contribution in [0.3, 0.4) is 0 Å². The molecule has 2 aromatic heterocycles. The highest BCUT2D eigenvalue weighted by atomic mass is 32.1. The lowest BCUT2D eigenvalue weighted by atomic mass is 9.91. The molecule has 2 heterocycles. The average molecular weight is 300 g/mol. The van der Waals surface area contributed by atoms with Crippen molar-refractivity contribution >= 4 is 22.3 Å². The number of nitrogens with one attached hydrogen (secondary N) is 1. The van der Waals surface area contributed by atoms with Gasteiger partial charge in [0.15, 0.2) is 0 Å². The molecule has 0 fully saturated rings. The number of thiazole rings is 1. The summed E-state index contributed by atoms with van der Waals surface area (Å²) in [5, 5.41) is 5.40. The van der Waals surface area contributed by atoms with E-state index in [0.29, 0.717) is 0 Å². The van der Waals surface area contributed by atoms with Gasteiger partial charge in [0.05, 0.1) is 11.3 Å². The van der Waals surface area contributed by atoms with Gasteiger partial charge in [0.25, 0.3) is 0 Å². The van der Waals surface area contributed by atoms with Gasteiger partial charge < -0.3 is 9.73 Å². The van der Waals surface area contributed by atoms with E-state index < -0.39 is 0 Å². The number of nitrogens with zero attached hydrogens (tertiary/aromatic N) is 1.